The van der Waals surface area contributed by atoms with E-state index in [1.807, 2.05) is 60.7 Å². The molecule has 2 aliphatic carbocycles. The molecule has 2 fully saturated rings. The summed E-state index contributed by atoms with van der Waals surface area (Å²) in [4.78, 5) is 23.6. The fraction of sp³-hybridized carbons (Fsp3) is 0.439. The van der Waals surface area contributed by atoms with Gasteiger partial charge in [-0.15, -0.1) is 0 Å². The van der Waals surface area contributed by atoms with Gasteiger partial charge in [-0.05, 0) is 92.8 Å². The molecule has 1 amide bonds. The molecule has 2 aromatic carbocycles. The van der Waals surface area contributed by atoms with Crippen molar-refractivity contribution in [2.45, 2.75) is 107 Å². The number of carbonyl (C=O) groups is 1. The quantitative estimate of drug-likeness (QED) is 0.157. The lowest BCUT2D eigenvalue weighted by molar-refractivity contribution is 0.0326. The number of nitrogens with zero attached hydrogens (tertiary/aromatic N) is 2. The molecule has 4 aromatic rings. The highest BCUT2D eigenvalue weighted by atomic mass is 16.5. The molecule has 250 valence electrons. The number of benzene rings is 2. The summed E-state index contributed by atoms with van der Waals surface area (Å²) in [5.41, 5.74) is 6.32. The van der Waals surface area contributed by atoms with Gasteiger partial charge in [-0.1, -0.05) is 68.3 Å². The van der Waals surface area contributed by atoms with Crippen molar-refractivity contribution >= 4 is 5.91 Å². The lowest BCUT2D eigenvalue weighted by Gasteiger charge is -2.41. The maximum absolute atomic E-state index is 14.1. The Labute approximate surface area is 284 Å². The Morgan fingerprint density at radius 1 is 0.938 bits per heavy atom. The van der Waals surface area contributed by atoms with Gasteiger partial charge in [-0.25, -0.2) is 0 Å². The van der Waals surface area contributed by atoms with Gasteiger partial charge in [0.2, 0.25) is 0 Å². The van der Waals surface area contributed by atoms with Crippen molar-refractivity contribution in [3.05, 3.63) is 113 Å². The Kier molecular flexibility index (Phi) is 9.87. The molecule has 3 N–H and O–H groups in total. The fourth-order valence-corrected chi connectivity index (χ4v) is 8.02. The lowest BCUT2D eigenvalue weighted by atomic mass is 9.85. The van der Waals surface area contributed by atoms with Crippen LogP contribution in [0.15, 0.2) is 85.1 Å². The van der Waals surface area contributed by atoms with Crippen molar-refractivity contribution in [1.82, 2.24) is 20.6 Å². The number of aromatic nitrogens is 2. The van der Waals surface area contributed by atoms with Crippen LogP contribution in [0, 0.1) is 0 Å². The number of aryl methyl sites for hydroxylation is 1. The van der Waals surface area contributed by atoms with Crippen molar-refractivity contribution < 1.29 is 14.6 Å². The number of nitrogens with one attached hydrogen (secondary N) is 2. The smallest absolute Gasteiger partial charge is 0.251 e. The summed E-state index contributed by atoms with van der Waals surface area (Å²) >= 11 is 0. The fourth-order valence-electron chi connectivity index (χ4n) is 8.02. The second kappa shape index (κ2) is 14.6. The van der Waals surface area contributed by atoms with E-state index in [4.69, 9.17) is 9.72 Å². The summed E-state index contributed by atoms with van der Waals surface area (Å²) in [7, 11) is 0. The molecule has 1 aliphatic heterocycles. The first-order valence-corrected chi connectivity index (χ1v) is 18.0. The standard InChI is InChI=1S/C41H48N4O3/c1-2-28-17-18-39-32(22-28)37(26-41(48-39)19-9-10-20-41)43-27-38(46)36(23-29-12-4-3-5-13-29)45-40(47)31-24-34(30-14-6-7-15-30)44-35(25-31)33-16-8-11-21-42-33/h3-5,8,11-13,16-18,21-22,24-25,30,36-38,43,46H,2,6-7,9-10,14-15,19-20,23,26-27H2,1H3,(H,45,47)/t36-,37-,38+/m0/s1. The first-order valence-electron chi connectivity index (χ1n) is 18.0. The zero-order valence-electron chi connectivity index (χ0n) is 28.0. The average Bonchev–Trinajstić information content (AvgIpc) is 3.84. The second-order valence-electron chi connectivity index (χ2n) is 14.1. The molecule has 3 atom stereocenters. The molecule has 0 bridgehead atoms. The van der Waals surface area contributed by atoms with Gasteiger partial charge in [-0.3, -0.25) is 14.8 Å². The number of ether oxygens (including phenoxy) is 1. The largest absolute Gasteiger partial charge is 0.487 e. The number of rotatable bonds is 11. The van der Waals surface area contributed by atoms with Crippen LogP contribution < -0.4 is 15.4 Å². The molecule has 48 heavy (non-hydrogen) atoms. The van der Waals surface area contributed by atoms with Crippen molar-refractivity contribution in [2.24, 2.45) is 0 Å². The third-order valence-corrected chi connectivity index (χ3v) is 10.7. The molecule has 0 saturated heterocycles. The van der Waals surface area contributed by atoms with Gasteiger partial charge in [0.25, 0.3) is 5.91 Å². The van der Waals surface area contributed by atoms with Crippen LogP contribution in [0.25, 0.3) is 11.4 Å². The molecule has 1 spiro atoms. The monoisotopic (exact) mass is 644 g/mol. The van der Waals surface area contributed by atoms with Crippen LogP contribution in [0.4, 0.5) is 0 Å². The minimum Gasteiger partial charge on any atom is -0.487 e. The number of hydrogen-bond donors (Lipinski definition) is 3. The highest BCUT2D eigenvalue weighted by molar-refractivity contribution is 5.95. The van der Waals surface area contributed by atoms with Crippen molar-refractivity contribution in [3.63, 3.8) is 0 Å². The van der Waals surface area contributed by atoms with E-state index in [-0.39, 0.29) is 17.6 Å². The molecule has 0 unspecified atom stereocenters. The average molecular weight is 645 g/mol. The van der Waals surface area contributed by atoms with E-state index in [0.29, 0.717) is 30.1 Å². The van der Waals surface area contributed by atoms with E-state index in [2.05, 4.69) is 40.7 Å². The maximum atomic E-state index is 14.1. The van der Waals surface area contributed by atoms with E-state index in [9.17, 15) is 9.90 Å². The van der Waals surface area contributed by atoms with Gasteiger partial charge in [-0.2, -0.15) is 0 Å². The Balaban J connectivity index is 1.13. The minimum atomic E-state index is -0.819. The number of carbonyl (C=O) groups excluding carboxylic acids is 1. The highest BCUT2D eigenvalue weighted by Crippen LogP contribution is 2.47. The number of amides is 1. The molecule has 2 saturated carbocycles. The van der Waals surface area contributed by atoms with Crippen LogP contribution in [0.3, 0.4) is 0 Å². The Morgan fingerprint density at radius 3 is 2.48 bits per heavy atom. The van der Waals surface area contributed by atoms with Crippen LogP contribution in [0.1, 0.15) is 109 Å². The third-order valence-electron chi connectivity index (χ3n) is 10.7. The molecular formula is C41H48N4O3. The van der Waals surface area contributed by atoms with Gasteiger partial charge in [0.1, 0.15) is 11.4 Å². The van der Waals surface area contributed by atoms with E-state index in [0.717, 1.165) is 61.2 Å². The first kappa shape index (κ1) is 32.5. The number of pyridine rings is 2. The number of hydrogen-bond acceptors (Lipinski definition) is 6. The number of aliphatic hydroxyl groups is 1. The molecule has 7 rings (SSSR count). The van der Waals surface area contributed by atoms with Crippen LogP contribution in [-0.4, -0.2) is 45.3 Å². The zero-order valence-corrected chi connectivity index (χ0v) is 28.0. The molecule has 2 aromatic heterocycles. The molecular weight excluding hydrogens is 596 g/mol. The summed E-state index contributed by atoms with van der Waals surface area (Å²) in [6.45, 7) is 2.52. The summed E-state index contributed by atoms with van der Waals surface area (Å²) < 4.78 is 6.66. The Morgan fingerprint density at radius 2 is 1.73 bits per heavy atom. The van der Waals surface area contributed by atoms with Gasteiger partial charge in [0.05, 0.1) is 23.5 Å². The predicted molar refractivity (Wildman–Crippen MR) is 189 cm³/mol. The van der Waals surface area contributed by atoms with Gasteiger partial charge in [0.15, 0.2) is 0 Å². The SMILES string of the molecule is CCc1ccc2c(c1)[C@@H](NC[C@@H](O)[C@H](Cc1ccccc1)NC(=O)c1cc(-c3ccccn3)nc(C3CCCC3)c1)CC1(CCCC1)O2. The summed E-state index contributed by atoms with van der Waals surface area (Å²) in [6, 6.07) is 25.8. The van der Waals surface area contributed by atoms with E-state index >= 15 is 0 Å². The predicted octanol–water partition coefficient (Wildman–Crippen LogP) is 7.49. The van der Waals surface area contributed by atoms with Crippen molar-refractivity contribution in [1.29, 1.82) is 0 Å². The maximum Gasteiger partial charge on any atom is 0.251 e. The first-order chi connectivity index (χ1) is 23.5. The molecule has 7 nitrogen and oxygen atoms in total. The zero-order chi connectivity index (χ0) is 32.9. The Bertz CT molecular complexity index is 1680. The minimum absolute atomic E-state index is 0.0659. The van der Waals surface area contributed by atoms with E-state index in [1.165, 1.54) is 36.8 Å². The molecule has 3 aliphatic rings. The van der Waals surface area contributed by atoms with Gasteiger partial charge in [0, 0.05) is 47.9 Å². The summed E-state index contributed by atoms with van der Waals surface area (Å²) in [6.07, 6.45) is 12.3. The second-order valence-corrected chi connectivity index (χ2v) is 14.1. The van der Waals surface area contributed by atoms with Gasteiger partial charge >= 0.3 is 0 Å². The summed E-state index contributed by atoms with van der Waals surface area (Å²) in [5.74, 6) is 1.09. The number of fused-ring (bicyclic) bond motifs is 1. The normalized spacial score (nSPS) is 19.8. The van der Waals surface area contributed by atoms with E-state index < -0.39 is 12.1 Å². The molecule has 7 heteroatoms. The summed E-state index contributed by atoms with van der Waals surface area (Å²) in [5, 5.41) is 18.8. The van der Waals surface area contributed by atoms with Crippen molar-refractivity contribution in [2.75, 3.05) is 6.54 Å². The lowest BCUT2D eigenvalue weighted by Crippen LogP contribution is -2.50. The van der Waals surface area contributed by atoms with Crippen LogP contribution in [-0.2, 0) is 12.8 Å². The topological polar surface area (TPSA) is 96.4 Å². The number of aliphatic hydroxyl groups excluding tert-OH is 1. The van der Waals surface area contributed by atoms with Gasteiger partial charge < -0.3 is 20.5 Å². The van der Waals surface area contributed by atoms with Crippen molar-refractivity contribution in [3.8, 4) is 17.1 Å². The van der Waals surface area contributed by atoms with Crippen LogP contribution >= 0.6 is 0 Å². The third kappa shape index (κ3) is 7.32. The highest BCUT2D eigenvalue weighted by Gasteiger charge is 2.43. The molecule has 3 heterocycles. The van der Waals surface area contributed by atoms with Crippen LogP contribution in [0.2, 0.25) is 0 Å². The molecule has 0 radical (unpaired) electrons. The van der Waals surface area contributed by atoms with Crippen LogP contribution in [0.5, 0.6) is 5.75 Å². The van der Waals surface area contributed by atoms with E-state index in [1.54, 1.807) is 6.20 Å². The Hall–Kier alpha value is -4.07.